The number of rotatable bonds is 4. The molecule has 8 nitrogen and oxygen atoms in total. The zero-order valence-corrected chi connectivity index (χ0v) is 14.6. The minimum atomic E-state index is -3.58. The number of carbonyl (C=O) groups is 1. The number of sulfonamides is 1. The zero-order chi connectivity index (χ0) is 17.9. The lowest BCUT2D eigenvalue weighted by Gasteiger charge is -2.32. The number of urea groups is 1. The number of benzene rings is 1. The number of carbonyl (C=O) groups excluding carboxylic acids is 1. The van der Waals surface area contributed by atoms with Crippen molar-refractivity contribution in [1.82, 2.24) is 10.1 Å². The van der Waals surface area contributed by atoms with Gasteiger partial charge in [-0.3, -0.25) is 10.0 Å². The van der Waals surface area contributed by atoms with Gasteiger partial charge in [-0.25, -0.2) is 13.2 Å². The van der Waals surface area contributed by atoms with Gasteiger partial charge in [-0.15, -0.1) is 0 Å². The first-order valence-electron chi connectivity index (χ1n) is 8.00. The van der Waals surface area contributed by atoms with Crippen molar-refractivity contribution in [3.05, 3.63) is 42.2 Å². The Morgan fingerprint density at radius 2 is 2.08 bits per heavy atom. The summed E-state index contributed by atoms with van der Waals surface area (Å²) >= 11 is 0. The van der Waals surface area contributed by atoms with Crippen molar-refractivity contribution in [3.63, 3.8) is 0 Å². The highest BCUT2D eigenvalue weighted by molar-refractivity contribution is 7.93. The van der Waals surface area contributed by atoms with E-state index in [2.05, 4.69) is 15.2 Å². The van der Waals surface area contributed by atoms with Crippen LogP contribution in [0.15, 0.2) is 40.9 Å². The van der Waals surface area contributed by atoms with E-state index in [0.29, 0.717) is 36.7 Å². The molecule has 2 N–H and O–H groups in total. The monoisotopic (exact) mass is 364 g/mol. The maximum atomic E-state index is 12.6. The molecule has 1 saturated heterocycles. The number of nitrogens with zero attached hydrogens (tertiary/aromatic N) is 2. The molecule has 2 amide bonds. The lowest BCUT2D eigenvalue weighted by Crippen LogP contribution is -2.48. The molecule has 134 valence electrons. The van der Waals surface area contributed by atoms with Crippen molar-refractivity contribution >= 4 is 27.6 Å². The molecule has 2 aromatic rings. The molecule has 9 heteroatoms. The summed E-state index contributed by atoms with van der Waals surface area (Å²) in [5, 5.41) is 5.67. The fraction of sp³-hybridized carbons (Fsp3) is 0.375. The van der Waals surface area contributed by atoms with E-state index in [1.165, 1.54) is 4.90 Å². The third-order valence-corrected chi connectivity index (χ3v) is 5.78. The predicted molar refractivity (Wildman–Crippen MR) is 93.8 cm³/mol. The highest BCUT2D eigenvalue weighted by atomic mass is 32.2. The molecule has 3 rings (SSSR count). The Labute approximate surface area is 146 Å². The van der Waals surface area contributed by atoms with Crippen molar-refractivity contribution in [3.8, 4) is 0 Å². The van der Waals surface area contributed by atoms with Crippen molar-refractivity contribution in [2.75, 3.05) is 23.1 Å². The summed E-state index contributed by atoms with van der Waals surface area (Å²) in [6, 6.07) is 9.95. The number of nitrogens with one attached hydrogen (secondary N) is 2. The quantitative estimate of drug-likeness (QED) is 0.867. The lowest BCUT2D eigenvalue weighted by atomic mass is 10.1. The summed E-state index contributed by atoms with van der Waals surface area (Å²) in [7, 11) is -3.58. The molecule has 0 radical (unpaired) electrons. The third-order valence-electron chi connectivity index (χ3n) is 4.00. The molecule has 2 heterocycles. The maximum absolute atomic E-state index is 12.6. The van der Waals surface area contributed by atoms with E-state index in [1.54, 1.807) is 37.3 Å². The Balaban J connectivity index is 1.64. The van der Waals surface area contributed by atoms with E-state index >= 15 is 0 Å². The minimum absolute atomic E-state index is 0.130. The van der Waals surface area contributed by atoms with Gasteiger partial charge in [0.2, 0.25) is 10.0 Å². The Kier molecular flexibility index (Phi) is 4.93. The van der Waals surface area contributed by atoms with Crippen molar-refractivity contribution in [2.24, 2.45) is 0 Å². The molecule has 0 aliphatic carbocycles. The number of para-hydroxylation sites is 1. The largest absolute Gasteiger partial charge is 0.360 e. The van der Waals surface area contributed by atoms with E-state index in [0.717, 1.165) is 0 Å². The Hall–Kier alpha value is -2.55. The van der Waals surface area contributed by atoms with Crippen LogP contribution in [0.3, 0.4) is 0 Å². The van der Waals surface area contributed by atoms with Crippen LogP contribution in [-0.4, -0.2) is 42.8 Å². The number of piperidine rings is 1. The Morgan fingerprint density at radius 1 is 1.32 bits per heavy atom. The van der Waals surface area contributed by atoms with Crippen LogP contribution in [0, 0.1) is 6.92 Å². The maximum Gasteiger partial charge on any atom is 0.323 e. The van der Waals surface area contributed by atoms with Crippen LogP contribution in [0.2, 0.25) is 0 Å². The molecule has 1 aromatic carbocycles. The van der Waals surface area contributed by atoms with Gasteiger partial charge in [-0.05, 0) is 31.9 Å². The van der Waals surface area contributed by atoms with Crippen molar-refractivity contribution in [1.29, 1.82) is 0 Å². The molecule has 1 aromatic heterocycles. The van der Waals surface area contributed by atoms with Gasteiger partial charge >= 0.3 is 6.03 Å². The van der Waals surface area contributed by atoms with Gasteiger partial charge in [0.15, 0.2) is 5.82 Å². The zero-order valence-electron chi connectivity index (χ0n) is 13.8. The second-order valence-electron chi connectivity index (χ2n) is 5.98. The average Bonchev–Trinajstić information content (AvgIpc) is 3.00. The van der Waals surface area contributed by atoms with Crippen LogP contribution in [0.25, 0.3) is 0 Å². The minimum Gasteiger partial charge on any atom is -0.360 e. The standard InChI is InChI=1S/C16H20N4O4S/c1-12-10-15(18-24-12)17-16(21)20-9-5-8-14(11-20)25(22,23)19-13-6-3-2-4-7-13/h2-4,6-7,10,14,19H,5,8-9,11H2,1H3,(H,17,18,21). The fourth-order valence-electron chi connectivity index (χ4n) is 2.74. The third kappa shape index (κ3) is 4.30. The van der Waals surface area contributed by atoms with Crippen LogP contribution in [0.4, 0.5) is 16.3 Å². The average molecular weight is 364 g/mol. The molecule has 1 aliphatic rings. The Bertz CT molecular complexity index is 835. The van der Waals surface area contributed by atoms with Gasteiger partial charge in [-0.1, -0.05) is 23.4 Å². The molecular formula is C16H20N4O4S. The van der Waals surface area contributed by atoms with Crippen molar-refractivity contribution < 1.29 is 17.7 Å². The number of hydrogen-bond acceptors (Lipinski definition) is 5. The summed E-state index contributed by atoms with van der Waals surface area (Å²) in [6.45, 7) is 2.35. The highest BCUT2D eigenvalue weighted by Crippen LogP contribution is 2.20. The number of aromatic nitrogens is 1. The summed E-state index contributed by atoms with van der Waals surface area (Å²) in [6.07, 6.45) is 1.13. The highest BCUT2D eigenvalue weighted by Gasteiger charge is 2.33. The van der Waals surface area contributed by atoms with Crippen LogP contribution in [0.5, 0.6) is 0 Å². The van der Waals surface area contributed by atoms with E-state index in [-0.39, 0.29) is 12.6 Å². The van der Waals surface area contributed by atoms with Crippen LogP contribution >= 0.6 is 0 Å². The normalized spacial score (nSPS) is 18.0. The van der Waals surface area contributed by atoms with Crippen LogP contribution in [-0.2, 0) is 10.0 Å². The summed E-state index contributed by atoms with van der Waals surface area (Å²) in [5.74, 6) is 0.899. The van der Waals surface area contributed by atoms with E-state index < -0.39 is 15.3 Å². The van der Waals surface area contributed by atoms with Crippen LogP contribution < -0.4 is 10.0 Å². The van der Waals surface area contributed by atoms with Gasteiger partial charge in [0.1, 0.15) is 5.76 Å². The first-order valence-corrected chi connectivity index (χ1v) is 9.54. The molecule has 1 unspecified atom stereocenters. The molecule has 0 saturated carbocycles. The van der Waals surface area contributed by atoms with Gasteiger partial charge in [0.05, 0.1) is 5.25 Å². The topological polar surface area (TPSA) is 105 Å². The molecule has 0 bridgehead atoms. The smallest absolute Gasteiger partial charge is 0.323 e. The number of amides is 2. The molecular weight excluding hydrogens is 344 g/mol. The van der Waals surface area contributed by atoms with Gasteiger partial charge in [0, 0.05) is 24.8 Å². The molecule has 1 aliphatic heterocycles. The van der Waals surface area contributed by atoms with E-state index in [1.807, 2.05) is 6.07 Å². The second kappa shape index (κ2) is 7.14. The Morgan fingerprint density at radius 3 is 2.76 bits per heavy atom. The number of aryl methyl sites for hydroxylation is 1. The molecule has 0 spiro atoms. The number of anilines is 2. The predicted octanol–water partition coefficient (Wildman–Crippen LogP) is 2.42. The summed E-state index contributed by atoms with van der Waals surface area (Å²) in [4.78, 5) is 13.8. The summed E-state index contributed by atoms with van der Waals surface area (Å²) < 4.78 is 32.7. The van der Waals surface area contributed by atoms with E-state index in [9.17, 15) is 13.2 Å². The molecule has 1 atom stereocenters. The number of likely N-dealkylation sites (tertiary alicyclic amines) is 1. The first kappa shape index (κ1) is 17.3. The van der Waals surface area contributed by atoms with Crippen molar-refractivity contribution in [2.45, 2.75) is 25.0 Å². The van der Waals surface area contributed by atoms with Gasteiger partial charge < -0.3 is 9.42 Å². The summed E-state index contributed by atoms with van der Waals surface area (Å²) in [5.41, 5.74) is 0.516. The molecule has 1 fully saturated rings. The SMILES string of the molecule is Cc1cc(NC(=O)N2CCCC(S(=O)(=O)Nc3ccccc3)C2)no1. The lowest BCUT2D eigenvalue weighted by molar-refractivity contribution is 0.200. The first-order chi connectivity index (χ1) is 11.9. The number of hydrogen-bond donors (Lipinski definition) is 2. The fourth-order valence-corrected chi connectivity index (χ4v) is 4.23. The van der Waals surface area contributed by atoms with Crippen LogP contribution in [0.1, 0.15) is 18.6 Å². The van der Waals surface area contributed by atoms with Gasteiger partial charge in [-0.2, -0.15) is 0 Å². The van der Waals surface area contributed by atoms with Gasteiger partial charge in [0.25, 0.3) is 0 Å². The van der Waals surface area contributed by atoms with E-state index in [4.69, 9.17) is 4.52 Å². The molecule has 25 heavy (non-hydrogen) atoms. The second-order valence-corrected chi connectivity index (χ2v) is 7.94.